The third-order valence-electron chi connectivity index (χ3n) is 4.38. The molecule has 0 nitrogen and oxygen atoms in total. The van der Waals surface area contributed by atoms with Crippen molar-refractivity contribution >= 4 is 0 Å². The van der Waals surface area contributed by atoms with Gasteiger partial charge in [0.25, 0.3) is 0 Å². The van der Waals surface area contributed by atoms with E-state index in [-0.39, 0.29) is 0 Å². The highest BCUT2D eigenvalue weighted by atomic mass is 14.4. The van der Waals surface area contributed by atoms with Gasteiger partial charge in [-0.1, -0.05) is 53.9 Å². The third kappa shape index (κ3) is 3.79. The summed E-state index contributed by atoms with van der Waals surface area (Å²) in [6.07, 6.45) is 8.08. The predicted molar refractivity (Wildman–Crippen MR) is 73.0 cm³/mol. The Labute approximate surface area is 103 Å². The van der Waals surface area contributed by atoms with Crippen molar-refractivity contribution in [1.29, 1.82) is 0 Å². The van der Waals surface area contributed by atoms with Crippen LogP contribution in [0.1, 0.15) is 66.2 Å². The molecule has 1 aliphatic rings. The molecule has 0 aliphatic heterocycles. The molecule has 0 saturated heterocycles. The lowest BCUT2D eigenvalue weighted by atomic mass is 9.68. The van der Waals surface area contributed by atoms with Crippen LogP contribution >= 0.6 is 0 Å². The van der Waals surface area contributed by atoms with Crippen LogP contribution < -0.4 is 0 Å². The fourth-order valence-electron chi connectivity index (χ4n) is 3.27. The van der Waals surface area contributed by atoms with E-state index in [0.29, 0.717) is 0 Å². The molecule has 0 amide bonds. The summed E-state index contributed by atoms with van der Waals surface area (Å²) >= 11 is 0. The molecule has 0 aromatic carbocycles. The lowest BCUT2D eigenvalue weighted by Crippen LogP contribution is -2.26. The molecule has 16 heavy (non-hydrogen) atoms. The Hall–Kier alpha value is 0. The predicted octanol–water partition coefficient (Wildman–Crippen LogP) is 5.29. The lowest BCUT2D eigenvalue weighted by Gasteiger charge is -2.37. The fraction of sp³-hybridized carbons (Fsp3) is 0.875. The summed E-state index contributed by atoms with van der Waals surface area (Å²) < 4.78 is 0. The zero-order valence-corrected chi connectivity index (χ0v) is 11.8. The molecule has 0 bridgehead atoms. The highest BCUT2D eigenvalue weighted by Crippen LogP contribution is 2.42. The Bertz CT molecular complexity index is 180. The Morgan fingerprint density at radius 2 is 1.94 bits per heavy atom. The molecule has 1 aliphatic carbocycles. The van der Waals surface area contributed by atoms with Crippen LogP contribution in [0.15, 0.2) is 0 Å². The van der Waals surface area contributed by atoms with Crippen LogP contribution in [0, 0.1) is 36.5 Å². The van der Waals surface area contributed by atoms with Crippen LogP contribution in [0.4, 0.5) is 0 Å². The van der Waals surface area contributed by atoms with Gasteiger partial charge in [0.1, 0.15) is 0 Å². The van der Waals surface area contributed by atoms with Crippen molar-refractivity contribution in [3.63, 3.8) is 0 Å². The van der Waals surface area contributed by atoms with Gasteiger partial charge in [-0.3, -0.25) is 0 Å². The number of rotatable bonds is 5. The van der Waals surface area contributed by atoms with E-state index in [1.54, 1.807) is 0 Å². The topological polar surface area (TPSA) is 0 Å². The summed E-state index contributed by atoms with van der Waals surface area (Å²) in [5, 5.41) is 0. The molecule has 0 spiro atoms. The summed E-state index contributed by atoms with van der Waals surface area (Å²) in [5.41, 5.74) is 0. The van der Waals surface area contributed by atoms with Gasteiger partial charge >= 0.3 is 0 Å². The van der Waals surface area contributed by atoms with Crippen LogP contribution in [0.25, 0.3) is 0 Å². The summed E-state index contributed by atoms with van der Waals surface area (Å²) in [4.78, 5) is 0. The SMILES string of the molecule is [CH2]CCC([C]1CCCC(C(C)C)C1)C(C)C. The average molecular weight is 222 g/mol. The van der Waals surface area contributed by atoms with E-state index >= 15 is 0 Å². The van der Waals surface area contributed by atoms with E-state index in [1.807, 2.05) is 5.92 Å². The minimum absolute atomic E-state index is 0.808. The van der Waals surface area contributed by atoms with Gasteiger partial charge in [0.15, 0.2) is 0 Å². The zero-order valence-electron chi connectivity index (χ0n) is 11.8. The molecule has 1 fully saturated rings. The lowest BCUT2D eigenvalue weighted by molar-refractivity contribution is 0.238. The summed E-state index contributed by atoms with van der Waals surface area (Å²) in [5.74, 6) is 5.34. The first-order valence-electron chi connectivity index (χ1n) is 7.20. The smallest absolute Gasteiger partial charge is 0.0205 e. The second kappa shape index (κ2) is 6.67. The Kier molecular flexibility index (Phi) is 5.86. The Morgan fingerprint density at radius 3 is 2.44 bits per heavy atom. The molecule has 0 aromatic rings. The molecule has 2 atom stereocenters. The summed E-state index contributed by atoms with van der Waals surface area (Å²) in [6, 6.07) is 0. The average Bonchev–Trinajstić information content (AvgIpc) is 2.25. The molecular formula is C16H30. The summed E-state index contributed by atoms with van der Waals surface area (Å²) in [6.45, 7) is 13.6. The third-order valence-corrected chi connectivity index (χ3v) is 4.38. The van der Waals surface area contributed by atoms with Gasteiger partial charge < -0.3 is 0 Å². The molecule has 1 rings (SSSR count). The van der Waals surface area contributed by atoms with Gasteiger partial charge in [0.2, 0.25) is 0 Å². The monoisotopic (exact) mass is 222 g/mol. The van der Waals surface area contributed by atoms with Crippen LogP contribution in [0.2, 0.25) is 0 Å². The van der Waals surface area contributed by atoms with Gasteiger partial charge in [-0.05, 0) is 48.9 Å². The normalized spacial score (nSPS) is 25.3. The molecule has 0 aromatic heterocycles. The molecule has 0 N–H and O–H groups in total. The molecule has 2 unspecified atom stereocenters. The van der Waals surface area contributed by atoms with E-state index in [1.165, 1.54) is 32.1 Å². The second-order valence-electron chi connectivity index (χ2n) is 6.25. The van der Waals surface area contributed by atoms with E-state index in [9.17, 15) is 0 Å². The minimum Gasteiger partial charge on any atom is -0.0625 e. The van der Waals surface area contributed by atoms with Gasteiger partial charge in [0.05, 0.1) is 0 Å². The largest absolute Gasteiger partial charge is 0.0625 e. The second-order valence-corrected chi connectivity index (χ2v) is 6.25. The quantitative estimate of drug-likeness (QED) is 0.592. The molecule has 0 heteroatoms. The Balaban J connectivity index is 2.55. The zero-order chi connectivity index (χ0) is 12.1. The highest BCUT2D eigenvalue weighted by Gasteiger charge is 2.30. The van der Waals surface area contributed by atoms with Crippen molar-refractivity contribution in [3.8, 4) is 0 Å². The van der Waals surface area contributed by atoms with Gasteiger partial charge in [-0.15, -0.1) is 0 Å². The first kappa shape index (κ1) is 14.1. The van der Waals surface area contributed by atoms with Crippen LogP contribution in [-0.4, -0.2) is 0 Å². The maximum atomic E-state index is 4.04. The number of hydrogen-bond acceptors (Lipinski definition) is 0. The summed E-state index contributed by atoms with van der Waals surface area (Å²) in [7, 11) is 0. The van der Waals surface area contributed by atoms with Crippen molar-refractivity contribution in [2.24, 2.45) is 23.7 Å². The molecule has 0 heterocycles. The van der Waals surface area contributed by atoms with Gasteiger partial charge in [-0.25, -0.2) is 0 Å². The molecule has 1 saturated carbocycles. The standard InChI is InChI=1S/C16H30/c1-6-8-16(13(4)5)15-10-7-9-14(11-15)12(2)3/h12-14,16H,1,6-11H2,2-5H3. The van der Waals surface area contributed by atoms with E-state index in [2.05, 4.69) is 34.6 Å². The van der Waals surface area contributed by atoms with Gasteiger partial charge in [-0.2, -0.15) is 0 Å². The maximum Gasteiger partial charge on any atom is -0.0205 e. The fourth-order valence-corrected chi connectivity index (χ4v) is 3.27. The van der Waals surface area contributed by atoms with E-state index < -0.39 is 0 Å². The first-order valence-corrected chi connectivity index (χ1v) is 7.20. The Morgan fingerprint density at radius 1 is 1.25 bits per heavy atom. The number of hydrogen-bond donors (Lipinski definition) is 0. The van der Waals surface area contributed by atoms with Crippen LogP contribution in [0.5, 0.6) is 0 Å². The highest BCUT2D eigenvalue weighted by molar-refractivity contribution is 5.02. The first-order chi connectivity index (χ1) is 7.56. The van der Waals surface area contributed by atoms with Crippen molar-refractivity contribution in [2.75, 3.05) is 0 Å². The van der Waals surface area contributed by atoms with Crippen molar-refractivity contribution < 1.29 is 0 Å². The van der Waals surface area contributed by atoms with Crippen molar-refractivity contribution in [2.45, 2.75) is 66.2 Å². The van der Waals surface area contributed by atoms with Crippen molar-refractivity contribution in [1.82, 2.24) is 0 Å². The molecule has 2 radical (unpaired) electrons. The van der Waals surface area contributed by atoms with Crippen LogP contribution in [0.3, 0.4) is 0 Å². The van der Waals surface area contributed by atoms with Crippen LogP contribution in [-0.2, 0) is 0 Å². The molecular weight excluding hydrogens is 192 g/mol. The minimum atomic E-state index is 0.808. The van der Waals surface area contributed by atoms with Gasteiger partial charge in [0, 0.05) is 0 Å². The molecule has 94 valence electrons. The van der Waals surface area contributed by atoms with E-state index in [0.717, 1.165) is 30.1 Å². The maximum absolute atomic E-state index is 4.04. The van der Waals surface area contributed by atoms with E-state index in [4.69, 9.17) is 0 Å². The van der Waals surface area contributed by atoms with Crippen molar-refractivity contribution in [3.05, 3.63) is 12.8 Å².